The molecule has 1 aliphatic rings. The van der Waals surface area contributed by atoms with E-state index in [9.17, 15) is 9.90 Å². The van der Waals surface area contributed by atoms with Crippen molar-refractivity contribution in [2.24, 2.45) is 0 Å². The number of carbonyl (C=O) groups excluding carboxylic acids is 1. The Kier molecular flexibility index (Phi) is 3.41. The molecule has 4 N–H and O–H groups in total. The number of likely N-dealkylation sites (N-methyl/N-ethyl adjacent to an activating group) is 1. The van der Waals surface area contributed by atoms with Crippen LogP contribution < -0.4 is 16.0 Å². The second kappa shape index (κ2) is 4.74. The number of amides is 1. The van der Waals surface area contributed by atoms with Gasteiger partial charge in [0.1, 0.15) is 0 Å². The number of nitrogen functional groups attached to an aromatic ring is 1. The SMILES string of the molecule is CCN(CC(C)(C)O)c1cc2c(cc1N)CC(=O)N2. The molecule has 1 heterocycles. The number of fused-ring (bicyclic) bond motifs is 1. The van der Waals surface area contributed by atoms with Gasteiger partial charge < -0.3 is 21.1 Å². The topological polar surface area (TPSA) is 78.6 Å². The van der Waals surface area contributed by atoms with E-state index in [1.807, 2.05) is 24.0 Å². The highest BCUT2D eigenvalue weighted by atomic mass is 16.3. The van der Waals surface area contributed by atoms with Crippen molar-refractivity contribution < 1.29 is 9.90 Å². The van der Waals surface area contributed by atoms with E-state index in [1.54, 1.807) is 13.8 Å². The van der Waals surface area contributed by atoms with Gasteiger partial charge in [0.15, 0.2) is 0 Å². The molecule has 0 fully saturated rings. The van der Waals surface area contributed by atoms with Gasteiger partial charge in [0, 0.05) is 18.8 Å². The molecular weight excluding hydrogens is 242 g/mol. The van der Waals surface area contributed by atoms with E-state index in [4.69, 9.17) is 5.73 Å². The zero-order valence-electron chi connectivity index (χ0n) is 11.7. The van der Waals surface area contributed by atoms with E-state index >= 15 is 0 Å². The maximum Gasteiger partial charge on any atom is 0.228 e. The van der Waals surface area contributed by atoms with Crippen molar-refractivity contribution in [3.05, 3.63) is 17.7 Å². The van der Waals surface area contributed by atoms with Crippen molar-refractivity contribution in [2.45, 2.75) is 32.8 Å². The smallest absolute Gasteiger partial charge is 0.228 e. The molecule has 0 saturated carbocycles. The van der Waals surface area contributed by atoms with Crippen LogP contribution in [-0.2, 0) is 11.2 Å². The molecule has 5 heteroatoms. The van der Waals surface area contributed by atoms with Crippen molar-refractivity contribution in [3.8, 4) is 0 Å². The number of anilines is 3. The van der Waals surface area contributed by atoms with Gasteiger partial charge in [-0.3, -0.25) is 4.79 Å². The highest BCUT2D eigenvalue weighted by Crippen LogP contribution is 2.34. The first kappa shape index (κ1) is 13.7. The lowest BCUT2D eigenvalue weighted by Crippen LogP contribution is -2.39. The summed E-state index contributed by atoms with van der Waals surface area (Å²) in [7, 11) is 0. The Morgan fingerprint density at radius 3 is 2.74 bits per heavy atom. The van der Waals surface area contributed by atoms with Crippen LogP contribution in [0.15, 0.2) is 12.1 Å². The Morgan fingerprint density at radius 1 is 1.47 bits per heavy atom. The number of benzene rings is 1. The van der Waals surface area contributed by atoms with Crippen LogP contribution in [0.2, 0.25) is 0 Å². The number of nitrogens with one attached hydrogen (secondary N) is 1. The largest absolute Gasteiger partial charge is 0.397 e. The number of aliphatic hydroxyl groups is 1. The lowest BCUT2D eigenvalue weighted by molar-refractivity contribution is -0.115. The third-order valence-electron chi connectivity index (χ3n) is 3.18. The Labute approximate surface area is 113 Å². The maximum absolute atomic E-state index is 11.4. The minimum atomic E-state index is -0.801. The van der Waals surface area contributed by atoms with E-state index < -0.39 is 5.60 Å². The third-order valence-corrected chi connectivity index (χ3v) is 3.18. The molecule has 5 nitrogen and oxygen atoms in total. The fraction of sp³-hybridized carbons (Fsp3) is 0.500. The summed E-state index contributed by atoms with van der Waals surface area (Å²) in [6.45, 7) is 6.76. The molecule has 1 aromatic rings. The number of carbonyl (C=O) groups is 1. The first-order valence-corrected chi connectivity index (χ1v) is 6.49. The highest BCUT2D eigenvalue weighted by Gasteiger charge is 2.23. The molecule has 1 aromatic carbocycles. The van der Waals surface area contributed by atoms with Crippen molar-refractivity contribution >= 4 is 23.0 Å². The van der Waals surface area contributed by atoms with Gasteiger partial charge in [-0.2, -0.15) is 0 Å². The molecule has 104 valence electrons. The predicted molar refractivity (Wildman–Crippen MR) is 77.4 cm³/mol. The molecule has 0 aromatic heterocycles. The van der Waals surface area contributed by atoms with Crippen LogP contribution in [0.1, 0.15) is 26.3 Å². The summed E-state index contributed by atoms with van der Waals surface area (Å²) in [5.74, 6) is -0.00270. The van der Waals surface area contributed by atoms with Gasteiger partial charge in [-0.25, -0.2) is 0 Å². The Balaban J connectivity index is 2.34. The maximum atomic E-state index is 11.4. The van der Waals surface area contributed by atoms with Crippen molar-refractivity contribution in [1.29, 1.82) is 0 Å². The molecule has 19 heavy (non-hydrogen) atoms. The van der Waals surface area contributed by atoms with Crippen molar-refractivity contribution in [1.82, 2.24) is 0 Å². The van der Waals surface area contributed by atoms with Crippen molar-refractivity contribution in [3.63, 3.8) is 0 Å². The minimum absolute atomic E-state index is 0.00270. The normalized spacial score (nSPS) is 14.2. The van der Waals surface area contributed by atoms with Gasteiger partial charge in [0.2, 0.25) is 5.91 Å². The van der Waals surface area contributed by atoms with Gasteiger partial charge in [0.25, 0.3) is 0 Å². The molecule has 0 aliphatic carbocycles. The van der Waals surface area contributed by atoms with E-state index in [-0.39, 0.29) is 5.91 Å². The molecule has 0 spiro atoms. The van der Waals surface area contributed by atoms with E-state index in [1.165, 1.54) is 0 Å². The third kappa shape index (κ3) is 2.98. The fourth-order valence-corrected chi connectivity index (χ4v) is 2.39. The van der Waals surface area contributed by atoms with Crippen LogP contribution in [0.3, 0.4) is 0 Å². The summed E-state index contributed by atoms with van der Waals surface area (Å²) >= 11 is 0. The second-order valence-electron chi connectivity index (χ2n) is 5.62. The number of rotatable bonds is 4. The predicted octanol–water partition coefficient (Wildman–Crippen LogP) is 1.36. The summed E-state index contributed by atoms with van der Waals surface area (Å²) in [5, 5.41) is 12.8. The van der Waals surface area contributed by atoms with Crippen LogP contribution in [0.5, 0.6) is 0 Å². The molecule has 0 saturated heterocycles. The quantitative estimate of drug-likeness (QED) is 0.717. The molecule has 0 unspecified atom stereocenters. The van der Waals surface area contributed by atoms with Crippen LogP contribution in [0.25, 0.3) is 0 Å². The Bertz CT molecular complexity index is 506. The number of hydrogen-bond acceptors (Lipinski definition) is 4. The summed E-state index contributed by atoms with van der Waals surface area (Å²) in [5.41, 5.74) is 8.52. The lowest BCUT2D eigenvalue weighted by atomic mass is 10.1. The number of nitrogens with two attached hydrogens (primary N) is 1. The average molecular weight is 263 g/mol. The molecule has 1 aliphatic heterocycles. The van der Waals surface area contributed by atoms with Crippen molar-refractivity contribution in [2.75, 3.05) is 29.0 Å². The number of nitrogens with zero attached hydrogens (tertiary/aromatic N) is 1. The van der Waals surface area contributed by atoms with Crippen LogP contribution in [-0.4, -0.2) is 29.7 Å². The molecule has 1 amide bonds. The van der Waals surface area contributed by atoms with E-state index in [2.05, 4.69) is 5.32 Å². The molecule has 0 atom stereocenters. The summed E-state index contributed by atoms with van der Waals surface area (Å²) < 4.78 is 0. The molecule has 0 radical (unpaired) electrons. The Hall–Kier alpha value is -1.75. The van der Waals surface area contributed by atoms with E-state index in [0.717, 1.165) is 23.5 Å². The monoisotopic (exact) mass is 263 g/mol. The summed E-state index contributed by atoms with van der Waals surface area (Å²) in [6.07, 6.45) is 0.386. The average Bonchev–Trinajstić information content (AvgIpc) is 2.63. The van der Waals surface area contributed by atoms with E-state index in [0.29, 0.717) is 18.7 Å². The fourth-order valence-electron chi connectivity index (χ4n) is 2.39. The highest BCUT2D eigenvalue weighted by molar-refractivity contribution is 6.00. The zero-order chi connectivity index (χ0) is 14.2. The standard InChI is InChI=1S/C14H21N3O2/c1-4-17(8-14(2,3)19)12-7-11-9(5-10(12)15)6-13(18)16-11/h5,7,19H,4,6,8,15H2,1-3H3,(H,16,18). The number of hydrogen-bond donors (Lipinski definition) is 3. The van der Waals surface area contributed by atoms with Crippen LogP contribution >= 0.6 is 0 Å². The first-order valence-electron chi connectivity index (χ1n) is 6.49. The summed E-state index contributed by atoms with van der Waals surface area (Å²) in [6, 6.07) is 3.74. The van der Waals surface area contributed by atoms with Gasteiger partial charge in [0.05, 0.1) is 23.4 Å². The first-order chi connectivity index (χ1) is 8.80. The van der Waals surface area contributed by atoms with Gasteiger partial charge in [-0.1, -0.05) is 0 Å². The zero-order valence-corrected chi connectivity index (χ0v) is 11.7. The van der Waals surface area contributed by atoms with Gasteiger partial charge >= 0.3 is 0 Å². The Morgan fingerprint density at radius 2 is 2.16 bits per heavy atom. The van der Waals surface area contributed by atoms with Crippen LogP contribution in [0, 0.1) is 0 Å². The van der Waals surface area contributed by atoms with Crippen LogP contribution in [0.4, 0.5) is 17.1 Å². The summed E-state index contributed by atoms with van der Waals surface area (Å²) in [4.78, 5) is 13.4. The minimum Gasteiger partial charge on any atom is -0.397 e. The lowest BCUT2D eigenvalue weighted by Gasteiger charge is -2.31. The van der Waals surface area contributed by atoms with Gasteiger partial charge in [-0.15, -0.1) is 0 Å². The molecular formula is C14H21N3O2. The van der Waals surface area contributed by atoms with Gasteiger partial charge in [-0.05, 0) is 38.5 Å². The molecule has 0 bridgehead atoms. The molecule has 2 rings (SSSR count). The second-order valence-corrected chi connectivity index (χ2v) is 5.62.